The van der Waals surface area contributed by atoms with E-state index in [-0.39, 0.29) is 31.5 Å². The second-order valence-electron chi connectivity index (χ2n) is 2.17. The van der Waals surface area contributed by atoms with E-state index in [1.54, 1.807) is 12.1 Å². The summed E-state index contributed by atoms with van der Waals surface area (Å²) in [6.45, 7) is 0. The summed E-state index contributed by atoms with van der Waals surface area (Å²) in [5.74, 6) is 0.275. The maximum absolute atomic E-state index is 9.20. The van der Waals surface area contributed by atoms with Gasteiger partial charge in [0.2, 0.25) is 0 Å². The number of hydrogen-bond donors (Lipinski definition) is 2. The van der Waals surface area contributed by atoms with E-state index in [9.17, 15) is 5.11 Å². The Hall–Kier alpha value is -0.437. The maximum Gasteiger partial charge on any atom is 0.180 e. The summed E-state index contributed by atoms with van der Waals surface area (Å²) in [5, 5.41) is 9.20. The molecule has 1 atom stereocenters. The fraction of sp³-hybridized carbons (Fsp3) is 0.143. The zero-order valence-electron chi connectivity index (χ0n) is 5.95. The van der Waals surface area contributed by atoms with Crippen LogP contribution in [0, 0.1) is 0 Å². The molecule has 0 saturated carbocycles. The number of hydrogen-bond acceptors (Lipinski definition) is 3. The van der Waals surface area contributed by atoms with Crippen molar-refractivity contribution in [3.05, 3.63) is 29.8 Å². The number of phenols is 1. The van der Waals surface area contributed by atoms with E-state index < -0.39 is 0 Å². The molecule has 11 heavy (non-hydrogen) atoms. The normalized spacial score (nSPS) is 20.5. The number of phenolic OH excluding ortho intramolecular Hbond substituents is 1. The molecule has 1 aliphatic heterocycles. The Labute approximate surface area is 77.1 Å². The first-order valence-corrected chi connectivity index (χ1v) is 3.07. The van der Waals surface area contributed by atoms with Crippen molar-refractivity contribution in [2.45, 2.75) is 6.23 Å². The van der Waals surface area contributed by atoms with Crippen molar-refractivity contribution in [2.24, 2.45) is 0 Å². The van der Waals surface area contributed by atoms with Crippen molar-refractivity contribution in [1.82, 2.24) is 5.48 Å². The van der Waals surface area contributed by atoms with Gasteiger partial charge in [-0.1, -0.05) is 18.2 Å². The smallest absolute Gasteiger partial charge is 0.180 e. The van der Waals surface area contributed by atoms with E-state index in [4.69, 9.17) is 4.84 Å². The summed E-state index contributed by atoms with van der Waals surface area (Å²) in [7, 11) is 0. The summed E-state index contributed by atoms with van der Waals surface area (Å²) in [5.41, 5.74) is 3.43. The molecule has 0 radical (unpaired) electrons. The van der Waals surface area contributed by atoms with E-state index in [0.29, 0.717) is 0 Å². The zero-order chi connectivity index (χ0) is 6.97. The molecule has 0 spiro atoms. The third-order valence-corrected chi connectivity index (χ3v) is 1.45. The summed E-state index contributed by atoms with van der Waals surface area (Å²) in [4.78, 5) is 4.77. The van der Waals surface area contributed by atoms with Gasteiger partial charge in [-0.3, -0.25) is 4.84 Å². The molecule has 0 bridgehead atoms. The Morgan fingerprint density at radius 3 is 2.55 bits per heavy atom. The van der Waals surface area contributed by atoms with Crippen molar-refractivity contribution in [1.29, 1.82) is 0 Å². The van der Waals surface area contributed by atoms with Gasteiger partial charge >= 0.3 is 0 Å². The van der Waals surface area contributed by atoms with Crippen molar-refractivity contribution in [2.75, 3.05) is 0 Å². The molecule has 54 valence electrons. The third-order valence-electron chi connectivity index (χ3n) is 1.45. The largest absolute Gasteiger partial charge is 0.508 e. The van der Waals surface area contributed by atoms with Crippen molar-refractivity contribution >= 4 is 0 Å². The summed E-state index contributed by atoms with van der Waals surface area (Å²) in [6.07, 6.45) is -0.0961. The third kappa shape index (κ3) is 1.77. The molecule has 3 nitrogen and oxygen atoms in total. The fourth-order valence-corrected chi connectivity index (χ4v) is 0.870. The van der Waals surface area contributed by atoms with Gasteiger partial charge in [0.1, 0.15) is 5.75 Å². The quantitative estimate of drug-likeness (QED) is 0.526. The van der Waals surface area contributed by atoms with Crippen LogP contribution in [0.5, 0.6) is 5.75 Å². The fourth-order valence-electron chi connectivity index (χ4n) is 0.870. The Balaban J connectivity index is 0.000000605. The van der Waals surface area contributed by atoms with Crippen molar-refractivity contribution in [3.8, 4) is 5.75 Å². The van der Waals surface area contributed by atoms with E-state index in [2.05, 4.69) is 5.48 Å². The molecule has 1 aromatic rings. The molecule has 1 aromatic carbocycles. The number of para-hydroxylation sites is 1. The van der Waals surface area contributed by atoms with Gasteiger partial charge in [0.15, 0.2) is 6.23 Å². The van der Waals surface area contributed by atoms with Crippen LogP contribution in [0.15, 0.2) is 24.3 Å². The van der Waals surface area contributed by atoms with Gasteiger partial charge in [0, 0.05) is 25.0 Å². The summed E-state index contributed by atoms with van der Waals surface area (Å²) >= 11 is 0. The summed E-state index contributed by atoms with van der Waals surface area (Å²) < 4.78 is 0. The van der Waals surface area contributed by atoms with E-state index in [0.717, 1.165) is 5.56 Å². The molecule has 1 saturated heterocycles. The molecule has 2 rings (SSSR count). The van der Waals surface area contributed by atoms with Crippen LogP contribution in [0.25, 0.3) is 0 Å². The van der Waals surface area contributed by atoms with Gasteiger partial charge in [-0.05, 0) is 6.07 Å². The molecule has 1 aliphatic rings. The van der Waals surface area contributed by atoms with Crippen LogP contribution in [0.4, 0.5) is 0 Å². The zero-order valence-corrected chi connectivity index (χ0v) is 8.92. The van der Waals surface area contributed by atoms with Crippen molar-refractivity contribution in [3.63, 3.8) is 0 Å². The molecule has 0 amide bonds. The molecule has 4 heteroatoms. The predicted octanol–water partition coefficient (Wildman–Crippen LogP) is 0.923. The molecular formula is C7H7NO2Zn. The Morgan fingerprint density at radius 2 is 2.00 bits per heavy atom. The number of aromatic hydroxyl groups is 1. The van der Waals surface area contributed by atoms with E-state index >= 15 is 0 Å². The first kappa shape index (κ1) is 8.66. The molecular weight excluding hydrogens is 195 g/mol. The van der Waals surface area contributed by atoms with Crippen molar-refractivity contribution < 1.29 is 29.4 Å². The summed E-state index contributed by atoms with van der Waals surface area (Å²) in [6, 6.07) is 7.10. The first-order chi connectivity index (χ1) is 4.88. The van der Waals surface area contributed by atoms with Gasteiger partial charge in [0.25, 0.3) is 0 Å². The van der Waals surface area contributed by atoms with Gasteiger partial charge in [-0.15, -0.1) is 0 Å². The van der Waals surface area contributed by atoms with Crippen LogP contribution in [0.1, 0.15) is 11.8 Å². The molecule has 0 aliphatic carbocycles. The SMILES string of the molecule is Oc1ccccc1C1NO1.[Zn]. The minimum absolute atomic E-state index is 0. The van der Waals surface area contributed by atoms with Crippen LogP contribution < -0.4 is 5.48 Å². The molecule has 1 fully saturated rings. The van der Waals surface area contributed by atoms with E-state index in [1.165, 1.54) is 0 Å². The first-order valence-electron chi connectivity index (χ1n) is 3.07. The van der Waals surface area contributed by atoms with Crippen LogP contribution in [0.3, 0.4) is 0 Å². The Kier molecular flexibility index (Phi) is 2.60. The minimum Gasteiger partial charge on any atom is -0.508 e. The van der Waals surface area contributed by atoms with Crippen LogP contribution in [0.2, 0.25) is 0 Å². The van der Waals surface area contributed by atoms with Crippen LogP contribution in [-0.2, 0) is 24.3 Å². The number of rotatable bonds is 1. The topological polar surface area (TPSA) is 54.7 Å². The number of hydroxylamine groups is 1. The maximum atomic E-state index is 9.20. The van der Waals surface area contributed by atoms with Gasteiger partial charge < -0.3 is 5.11 Å². The van der Waals surface area contributed by atoms with E-state index in [1.807, 2.05) is 12.1 Å². The van der Waals surface area contributed by atoms with Gasteiger partial charge in [-0.25, -0.2) is 0 Å². The number of benzene rings is 1. The second-order valence-corrected chi connectivity index (χ2v) is 2.17. The Morgan fingerprint density at radius 1 is 1.36 bits per heavy atom. The Bertz CT molecular complexity index is 250. The van der Waals surface area contributed by atoms with Crippen LogP contribution in [-0.4, -0.2) is 5.11 Å². The number of nitrogens with one attached hydrogen (secondary N) is 1. The van der Waals surface area contributed by atoms with Gasteiger partial charge in [0.05, 0.1) is 0 Å². The average Bonchev–Trinajstić information content (AvgIpc) is 2.71. The van der Waals surface area contributed by atoms with Crippen LogP contribution >= 0.6 is 0 Å². The molecule has 0 aromatic heterocycles. The molecule has 1 heterocycles. The average molecular weight is 203 g/mol. The minimum atomic E-state index is -0.0961. The van der Waals surface area contributed by atoms with Gasteiger partial charge in [-0.2, -0.15) is 5.48 Å². The standard InChI is InChI=1S/C7H7NO2.Zn/c9-6-4-2-1-3-5(6)7-8-10-7;/h1-4,7-9H;. The monoisotopic (exact) mass is 201 g/mol. The predicted molar refractivity (Wildman–Crippen MR) is 35.1 cm³/mol. The molecule has 2 N–H and O–H groups in total. The molecule has 1 unspecified atom stereocenters. The second kappa shape index (κ2) is 3.31.